The number of aromatic amines is 1. The van der Waals surface area contributed by atoms with E-state index in [2.05, 4.69) is 9.97 Å². The Morgan fingerprint density at radius 1 is 1.40 bits per heavy atom. The minimum atomic E-state index is -2.85. The van der Waals surface area contributed by atoms with Crippen molar-refractivity contribution >= 4 is 11.0 Å². The maximum absolute atomic E-state index is 12.4. The molecule has 0 atom stereocenters. The second-order valence-corrected chi connectivity index (χ2v) is 3.27. The summed E-state index contributed by atoms with van der Waals surface area (Å²) in [5, 5.41) is 0. The van der Waals surface area contributed by atoms with E-state index in [-0.39, 0.29) is 0 Å². The van der Waals surface area contributed by atoms with Crippen LogP contribution in [0.1, 0.15) is 17.7 Å². The summed E-state index contributed by atoms with van der Waals surface area (Å²) in [6.45, 7) is 1.83. The molecule has 2 aromatic rings. The molecule has 2 rings (SSSR count). The van der Waals surface area contributed by atoms with E-state index in [1.807, 2.05) is 6.92 Å². The quantitative estimate of drug-likeness (QED) is 0.783. The molecule has 0 aliphatic rings. The summed E-state index contributed by atoms with van der Waals surface area (Å²) < 4.78 is 24.7. The largest absolute Gasteiger partial charge is 0.319 e. The number of fused-ring (bicyclic) bond motifs is 1. The lowest BCUT2D eigenvalue weighted by molar-refractivity contribution is 0.144. The van der Waals surface area contributed by atoms with Gasteiger partial charge in [-0.05, 0) is 24.6 Å². The van der Waals surface area contributed by atoms with E-state index in [0.717, 1.165) is 5.56 Å². The summed E-state index contributed by atoms with van der Waals surface area (Å²) in [5.41, 5.74) is 0.191. The van der Waals surface area contributed by atoms with Crippen LogP contribution in [0.3, 0.4) is 0 Å². The van der Waals surface area contributed by atoms with Crippen LogP contribution < -0.4 is 5.56 Å². The first-order valence-electron chi connectivity index (χ1n) is 4.36. The average molecular weight is 210 g/mol. The second-order valence-electron chi connectivity index (χ2n) is 3.27. The summed E-state index contributed by atoms with van der Waals surface area (Å²) in [6, 6.07) is 5.08. The molecule has 78 valence electrons. The van der Waals surface area contributed by atoms with Crippen LogP contribution >= 0.6 is 0 Å². The highest BCUT2D eigenvalue weighted by atomic mass is 19.3. The Labute approximate surface area is 83.8 Å². The van der Waals surface area contributed by atoms with Crippen LogP contribution in [0.15, 0.2) is 23.0 Å². The fraction of sp³-hybridized carbons (Fsp3) is 0.200. The molecule has 0 fully saturated rings. The summed E-state index contributed by atoms with van der Waals surface area (Å²) >= 11 is 0. The fourth-order valence-corrected chi connectivity index (χ4v) is 1.35. The van der Waals surface area contributed by atoms with Gasteiger partial charge in [0.25, 0.3) is 12.0 Å². The smallest absolute Gasteiger partial charge is 0.285 e. The van der Waals surface area contributed by atoms with Gasteiger partial charge in [-0.25, -0.2) is 13.8 Å². The van der Waals surface area contributed by atoms with E-state index >= 15 is 0 Å². The molecule has 0 saturated carbocycles. The van der Waals surface area contributed by atoms with Gasteiger partial charge in [0, 0.05) is 0 Å². The van der Waals surface area contributed by atoms with E-state index in [0.29, 0.717) is 11.0 Å². The van der Waals surface area contributed by atoms with Gasteiger partial charge in [-0.1, -0.05) is 6.07 Å². The molecule has 0 amide bonds. The lowest BCUT2D eigenvalue weighted by atomic mass is 10.2. The highest BCUT2D eigenvalue weighted by molar-refractivity contribution is 5.74. The third-order valence-electron chi connectivity index (χ3n) is 2.08. The van der Waals surface area contributed by atoms with Crippen molar-refractivity contribution in [2.75, 3.05) is 0 Å². The molecular formula is C10H8F2N2O. The predicted octanol–water partition coefficient (Wildman–Crippen LogP) is 2.17. The second kappa shape index (κ2) is 3.42. The van der Waals surface area contributed by atoms with Gasteiger partial charge >= 0.3 is 0 Å². The molecular weight excluding hydrogens is 202 g/mol. The number of aromatic nitrogens is 2. The zero-order chi connectivity index (χ0) is 11.0. The Hall–Kier alpha value is -1.78. The third-order valence-corrected chi connectivity index (χ3v) is 2.08. The van der Waals surface area contributed by atoms with Crippen LogP contribution in [-0.2, 0) is 0 Å². The van der Waals surface area contributed by atoms with Crippen molar-refractivity contribution in [3.8, 4) is 0 Å². The Morgan fingerprint density at radius 3 is 2.80 bits per heavy atom. The number of nitrogens with zero attached hydrogens (tertiary/aromatic N) is 1. The number of benzene rings is 1. The normalized spacial score (nSPS) is 11.2. The summed E-state index contributed by atoms with van der Waals surface area (Å²) in [7, 11) is 0. The van der Waals surface area contributed by atoms with Crippen molar-refractivity contribution < 1.29 is 8.78 Å². The maximum Gasteiger partial charge on any atom is 0.285 e. The molecule has 1 heterocycles. The van der Waals surface area contributed by atoms with Crippen molar-refractivity contribution in [2.24, 2.45) is 0 Å². The SMILES string of the molecule is Cc1ccc2[nH]c(=O)c(C(F)F)nc2c1. The maximum atomic E-state index is 12.4. The van der Waals surface area contributed by atoms with Crippen LogP contribution in [-0.4, -0.2) is 9.97 Å². The number of H-pyrrole nitrogens is 1. The molecule has 1 N–H and O–H groups in total. The number of nitrogens with one attached hydrogen (secondary N) is 1. The molecule has 1 aromatic heterocycles. The predicted molar refractivity (Wildman–Crippen MR) is 52.1 cm³/mol. The monoisotopic (exact) mass is 210 g/mol. The minimum Gasteiger partial charge on any atom is -0.319 e. The zero-order valence-electron chi connectivity index (χ0n) is 7.92. The van der Waals surface area contributed by atoms with Crippen LogP contribution in [0, 0.1) is 6.92 Å². The zero-order valence-corrected chi connectivity index (χ0v) is 7.92. The Bertz CT molecular complexity index is 563. The molecule has 15 heavy (non-hydrogen) atoms. The standard InChI is InChI=1S/C10H8F2N2O/c1-5-2-3-6-7(4-5)13-8(9(11)12)10(15)14-6/h2-4,9H,1H3,(H,14,15). The summed E-state index contributed by atoms with van der Waals surface area (Å²) in [5.74, 6) is 0. The van der Waals surface area contributed by atoms with Crippen LogP contribution in [0.5, 0.6) is 0 Å². The molecule has 0 bridgehead atoms. The van der Waals surface area contributed by atoms with E-state index in [1.165, 1.54) is 0 Å². The number of aryl methyl sites for hydroxylation is 1. The highest BCUT2D eigenvalue weighted by Crippen LogP contribution is 2.15. The van der Waals surface area contributed by atoms with Gasteiger partial charge in [-0.15, -0.1) is 0 Å². The lowest BCUT2D eigenvalue weighted by Gasteiger charge is -2.01. The van der Waals surface area contributed by atoms with Crippen molar-refractivity contribution in [3.63, 3.8) is 0 Å². The van der Waals surface area contributed by atoms with Gasteiger partial charge in [0.2, 0.25) is 0 Å². The number of hydrogen-bond acceptors (Lipinski definition) is 2. The molecule has 0 unspecified atom stereocenters. The Kier molecular flexibility index (Phi) is 2.22. The molecule has 3 nitrogen and oxygen atoms in total. The third kappa shape index (κ3) is 1.72. The number of alkyl halides is 2. The molecule has 1 aromatic carbocycles. The molecule has 0 aliphatic heterocycles. The van der Waals surface area contributed by atoms with Crippen molar-refractivity contribution in [1.29, 1.82) is 0 Å². The van der Waals surface area contributed by atoms with Gasteiger partial charge in [-0.2, -0.15) is 0 Å². The average Bonchev–Trinajstić information content (AvgIpc) is 2.17. The summed E-state index contributed by atoms with van der Waals surface area (Å²) in [4.78, 5) is 17.2. The topological polar surface area (TPSA) is 45.8 Å². The van der Waals surface area contributed by atoms with Gasteiger partial charge in [0.15, 0.2) is 5.69 Å². The number of halogens is 2. The fourth-order valence-electron chi connectivity index (χ4n) is 1.35. The number of rotatable bonds is 1. The van der Waals surface area contributed by atoms with Crippen LogP contribution in [0.25, 0.3) is 11.0 Å². The molecule has 0 radical (unpaired) electrons. The highest BCUT2D eigenvalue weighted by Gasteiger charge is 2.14. The first kappa shape index (κ1) is 9.76. The first-order chi connectivity index (χ1) is 7.08. The van der Waals surface area contributed by atoms with E-state index in [1.54, 1.807) is 18.2 Å². The van der Waals surface area contributed by atoms with Gasteiger partial charge in [-0.3, -0.25) is 4.79 Å². The van der Waals surface area contributed by atoms with E-state index < -0.39 is 17.7 Å². The molecule has 0 aliphatic carbocycles. The van der Waals surface area contributed by atoms with Crippen molar-refractivity contribution in [1.82, 2.24) is 9.97 Å². The minimum absolute atomic E-state index is 0.380. The van der Waals surface area contributed by atoms with E-state index in [9.17, 15) is 13.6 Å². The number of hydrogen-bond donors (Lipinski definition) is 1. The van der Waals surface area contributed by atoms with Crippen LogP contribution in [0.4, 0.5) is 8.78 Å². The van der Waals surface area contributed by atoms with Crippen molar-refractivity contribution in [3.05, 3.63) is 39.8 Å². The summed E-state index contributed by atoms with van der Waals surface area (Å²) in [6.07, 6.45) is -2.85. The first-order valence-corrected chi connectivity index (χ1v) is 4.36. The van der Waals surface area contributed by atoms with Gasteiger partial charge in [0.1, 0.15) is 0 Å². The molecule has 0 saturated heterocycles. The Morgan fingerprint density at radius 2 is 2.13 bits per heavy atom. The van der Waals surface area contributed by atoms with Gasteiger partial charge < -0.3 is 4.98 Å². The Balaban J connectivity index is 2.77. The van der Waals surface area contributed by atoms with Gasteiger partial charge in [0.05, 0.1) is 11.0 Å². The molecule has 0 spiro atoms. The van der Waals surface area contributed by atoms with Crippen molar-refractivity contribution in [2.45, 2.75) is 13.3 Å². The lowest BCUT2D eigenvalue weighted by Crippen LogP contribution is -2.15. The van der Waals surface area contributed by atoms with Crippen LogP contribution in [0.2, 0.25) is 0 Å². The molecule has 5 heteroatoms. The van der Waals surface area contributed by atoms with E-state index in [4.69, 9.17) is 0 Å².